The zero-order chi connectivity index (χ0) is 12.0. The van der Waals surface area contributed by atoms with E-state index in [1.54, 1.807) is 30.2 Å². The van der Waals surface area contributed by atoms with Gasteiger partial charge in [0.15, 0.2) is 0 Å². The molecule has 0 rings (SSSR count). The molecular formula is C9H20N6. The van der Waals surface area contributed by atoms with E-state index in [-0.39, 0.29) is 5.96 Å². The molecule has 0 aromatic carbocycles. The zero-order valence-corrected chi connectivity index (χ0v) is 10.3. The predicted octanol–water partition coefficient (Wildman–Crippen LogP) is -0.00973. The molecule has 0 aliphatic rings. The molecule has 0 aliphatic carbocycles. The summed E-state index contributed by atoms with van der Waals surface area (Å²) in [5.41, 5.74) is 0. The SMILES string of the molecule is CN(C)/C=N/C(=N\C(=N)N(C)C)N(C)C. The fourth-order valence-electron chi connectivity index (χ4n) is 0.606. The molecule has 0 fully saturated rings. The van der Waals surface area contributed by atoms with Gasteiger partial charge in [-0.05, 0) is 0 Å². The van der Waals surface area contributed by atoms with Crippen molar-refractivity contribution in [2.75, 3.05) is 42.3 Å². The highest BCUT2D eigenvalue weighted by molar-refractivity contribution is 5.96. The van der Waals surface area contributed by atoms with Crippen molar-refractivity contribution in [2.24, 2.45) is 9.98 Å². The van der Waals surface area contributed by atoms with E-state index in [1.165, 1.54) is 0 Å². The smallest absolute Gasteiger partial charge is 0.229 e. The molecule has 0 radical (unpaired) electrons. The summed E-state index contributed by atoms with van der Waals surface area (Å²) >= 11 is 0. The second-order valence-electron chi connectivity index (χ2n) is 3.73. The molecule has 0 atom stereocenters. The summed E-state index contributed by atoms with van der Waals surface area (Å²) in [7, 11) is 11.0. The fourth-order valence-corrected chi connectivity index (χ4v) is 0.606. The van der Waals surface area contributed by atoms with Crippen molar-refractivity contribution in [3.05, 3.63) is 0 Å². The highest BCUT2D eigenvalue weighted by Gasteiger charge is 2.02. The summed E-state index contributed by atoms with van der Waals surface area (Å²) in [6.45, 7) is 0. The number of rotatable bonds is 1. The number of nitrogens with zero attached hydrogens (tertiary/aromatic N) is 5. The van der Waals surface area contributed by atoms with E-state index in [0.29, 0.717) is 5.96 Å². The first-order chi connectivity index (χ1) is 6.84. The van der Waals surface area contributed by atoms with E-state index in [1.807, 2.05) is 33.1 Å². The largest absolute Gasteiger partial charge is 0.369 e. The minimum absolute atomic E-state index is 0.176. The van der Waals surface area contributed by atoms with Gasteiger partial charge in [-0.3, -0.25) is 5.41 Å². The van der Waals surface area contributed by atoms with Gasteiger partial charge < -0.3 is 14.7 Å². The van der Waals surface area contributed by atoms with E-state index >= 15 is 0 Å². The van der Waals surface area contributed by atoms with Crippen LogP contribution in [0, 0.1) is 5.41 Å². The molecule has 0 saturated heterocycles. The molecule has 86 valence electrons. The lowest BCUT2D eigenvalue weighted by Crippen LogP contribution is -2.26. The van der Waals surface area contributed by atoms with Crippen LogP contribution in [-0.4, -0.2) is 75.2 Å². The molecular weight excluding hydrogens is 192 g/mol. The molecule has 0 aromatic rings. The summed E-state index contributed by atoms with van der Waals surface area (Å²) in [6, 6.07) is 0. The van der Waals surface area contributed by atoms with Crippen LogP contribution in [0.15, 0.2) is 9.98 Å². The number of aliphatic imine (C=N–C) groups is 2. The monoisotopic (exact) mass is 212 g/mol. The Balaban J connectivity index is 4.74. The standard InChI is InChI=1S/C9H20N6/c1-13(2)7-11-9(15(5)6)12-8(10)14(3)4/h7,10H,1-6H3/b10-8?,11-7+,12-9+. The first-order valence-corrected chi connectivity index (χ1v) is 4.57. The summed E-state index contributed by atoms with van der Waals surface area (Å²) < 4.78 is 0. The molecule has 0 unspecified atom stereocenters. The highest BCUT2D eigenvalue weighted by Crippen LogP contribution is 1.90. The van der Waals surface area contributed by atoms with Crippen LogP contribution in [0.5, 0.6) is 0 Å². The highest BCUT2D eigenvalue weighted by atomic mass is 15.3. The van der Waals surface area contributed by atoms with Crippen molar-refractivity contribution in [1.29, 1.82) is 5.41 Å². The third kappa shape index (κ3) is 5.66. The molecule has 0 heterocycles. The maximum atomic E-state index is 7.58. The topological polar surface area (TPSA) is 58.3 Å². The summed E-state index contributed by atoms with van der Waals surface area (Å²) in [5.74, 6) is 0.678. The fraction of sp³-hybridized carbons (Fsp3) is 0.667. The summed E-state index contributed by atoms with van der Waals surface area (Å²) in [6.07, 6.45) is 1.65. The molecule has 1 N–H and O–H groups in total. The first-order valence-electron chi connectivity index (χ1n) is 4.57. The van der Waals surface area contributed by atoms with Gasteiger partial charge in [-0.25, -0.2) is 4.99 Å². The quantitative estimate of drug-likeness (QED) is 0.491. The number of nitrogens with one attached hydrogen (secondary N) is 1. The van der Waals surface area contributed by atoms with Crippen molar-refractivity contribution in [3.63, 3.8) is 0 Å². The molecule has 0 spiro atoms. The Hall–Kier alpha value is -1.59. The third-order valence-corrected chi connectivity index (χ3v) is 1.43. The van der Waals surface area contributed by atoms with Crippen LogP contribution in [0.1, 0.15) is 0 Å². The lowest BCUT2D eigenvalue weighted by molar-refractivity contribution is 0.590. The molecule has 0 aliphatic heterocycles. The van der Waals surface area contributed by atoms with Crippen LogP contribution in [0.2, 0.25) is 0 Å². The minimum atomic E-state index is 0.176. The molecule has 0 amide bonds. The minimum Gasteiger partial charge on any atom is -0.369 e. The van der Waals surface area contributed by atoms with Gasteiger partial charge in [-0.15, -0.1) is 0 Å². The average Bonchev–Trinajstić information content (AvgIpc) is 2.10. The first kappa shape index (κ1) is 13.4. The van der Waals surface area contributed by atoms with Gasteiger partial charge in [0.05, 0.1) is 6.34 Å². The van der Waals surface area contributed by atoms with Crippen molar-refractivity contribution >= 4 is 18.3 Å². The maximum Gasteiger partial charge on any atom is 0.229 e. The third-order valence-electron chi connectivity index (χ3n) is 1.43. The van der Waals surface area contributed by atoms with Gasteiger partial charge in [-0.2, -0.15) is 4.99 Å². The number of hydrogen-bond donors (Lipinski definition) is 1. The zero-order valence-electron chi connectivity index (χ0n) is 10.3. The summed E-state index contributed by atoms with van der Waals surface area (Å²) in [5, 5.41) is 7.58. The van der Waals surface area contributed by atoms with Crippen LogP contribution in [0.25, 0.3) is 0 Å². The van der Waals surface area contributed by atoms with Crippen molar-refractivity contribution < 1.29 is 0 Å². The van der Waals surface area contributed by atoms with Crippen molar-refractivity contribution in [3.8, 4) is 0 Å². The molecule has 15 heavy (non-hydrogen) atoms. The Morgan fingerprint density at radius 1 is 1.00 bits per heavy atom. The van der Waals surface area contributed by atoms with E-state index in [2.05, 4.69) is 9.98 Å². The van der Waals surface area contributed by atoms with Crippen molar-refractivity contribution in [2.45, 2.75) is 0 Å². The van der Waals surface area contributed by atoms with Crippen LogP contribution in [0.3, 0.4) is 0 Å². The van der Waals surface area contributed by atoms with Gasteiger partial charge in [0.1, 0.15) is 0 Å². The van der Waals surface area contributed by atoms with E-state index in [9.17, 15) is 0 Å². The number of guanidine groups is 2. The average molecular weight is 212 g/mol. The van der Waals surface area contributed by atoms with Crippen molar-refractivity contribution in [1.82, 2.24) is 14.7 Å². The second kappa shape index (κ2) is 6.00. The van der Waals surface area contributed by atoms with Gasteiger partial charge in [0, 0.05) is 42.3 Å². The van der Waals surface area contributed by atoms with Crippen LogP contribution in [0.4, 0.5) is 0 Å². The Morgan fingerprint density at radius 3 is 1.87 bits per heavy atom. The Morgan fingerprint density at radius 2 is 1.53 bits per heavy atom. The van der Waals surface area contributed by atoms with E-state index in [4.69, 9.17) is 5.41 Å². The van der Waals surface area contributed by atoms with E-state index < -0.39 is 0 Å². The molecule has 0 bridgehead atoms. The van der Waals surface area contributed by atoms with E-state index in [0.717, 1.165) is 0 Å². The van der Waals surface area contributed by atoms with Gasteiger partial charge in [0.25, 0.3) is 0 Å². The molecule has 0 saturated carbocycles. The van der Waals surface area contributed by atoms with Crippen LogP contribution < -0.4 is 0 Å². The van der Waals surface area contributed by atoms with Crippen LogP contribution in [-0.2, 0) is 0 Å². The van der Waals surface area contributed by atoms with Gasteiger partial charge in [0.2, 0.25) is 11.9 Å². The second-order valence-corrected chi connectivity index (χ2v) is 3.73. The van der Waals surface area contributed by atoms with Crippen LogP contribution >= 0.6 is 0 Å². The molecule has 0 aromatic heterocycles. The predicted molar refractivity (Wildman–Crippen MR) is 64.7 cm³/mol. The van der Waals surface area contributed by atoms with Gasteiger partial charge >= 0.3 is 0 Å². The maximum absolute atomic E-state index is 7.58. The van der Waals surface area contributed by atoms with Gasteiger partial charge in [-0.1, -0.05) is 0 Å². The summed E-state index contributed by atoms with van der Waals surface area (Å²) in [4.78, 5) is 13.4. The Bertz CT molecular complexity index is 264. The lowest BCUT2D eigenvalue weighted by atomic mass is 10.7. The lowest BCUT2D eigenvalue weighted by Gasteiger charge is -2.14. The Kier molecular flexibility index (Phi) is 5.36. The molecule has 6 heteroatoms. The normalized spacial score (nSPS) is 11.7. The molecule has 6 nitrogen and oxygen atoms in total. The number of hydrogen-bond acceptors (Lipinski definition) is 1. The Labute approximate surface area is 91.4 Å².